The van der Waals surface area contributed by atoms with Crippen molar-refractivity contribution in [2.45, 2.75) is 45.2 Å². The lowest BCUT2D eigenvalue weighted by molar-refractivity contribution is 0.256. The van der Waals surface area contributed by atoms with Crippen LogP contribution in [0.2, 0.25) is 0 Å². The topological polar surface area (TPSA) is 32.3 Å². The molecule has 1 aromatic carbocycles. The van der Waals surface area contributed by atoms with Crippen LogP contribution < -0.4 is 5.32 Å². The summed E-state index contributed by atoms with van der Waals surface area (Å²) in [6.07, 6.45) is 2.40. The number of hydrogen-bond acceptors (Lipinski definition) is 2. The van der Waals surface area contributed by atoms with Crippen LogP contribution in [0.5, 0.6) is 0 Å². The Morgan fingerprint density at radius 1 is 1.35 bits per heavy atom. The molecule has 0 radical (unpaired) electrons. The van der Waals surface area contributed by atoms with Crippen molar-refractivity contribution >= 4 is 0 Å². The molecule has 0 aliphatic carbocycles. The number of rotatable bonds is 7. The highest BCUT2D eigenvalue weighted by atomic mass is 19.1. The molecule has 17 heavy (non-hydrogen) atoms. The van der Waals surface area contributed by atoms with Gasteiger partial charge in [0.25, 0.3) is 0 Å². The normalized spacial score (nSPS) is 14.6. The molecule has 1 rings (SSSR count). The zero-order valence-electron chi connectivity index (χ0n) is 10.6. The Labute approximate surface area is 103 Å². The predicted molar refractivity (Wildman–Crippen MR) is 68.5 cm³/mol. The molecule has 3 heteroatoms. The molecular weight excluding hydrogens is 217 g/mol. The average Bonchev–Trinajstić information content (AvgIpc) is 2.31. The largest absolute Gasteiger partial charge is 0.396 e. The van der Waals surface area contributed by atoms with E-state index >= 15 is 0 Å². The van der Waals surface area contributed by atoms with E-state index in [1.807, 2.05) is 19.1 Å². The Balaban J connectivity index is 2.49. The molecule has 0 aliphatic heterocycles. The van der Waals surface area contributed by atoms with Gasteiger partial charge in [0.1, 0.15) is 5.82 Å². The maximum atomic E-state index is 13.4. The molecule has 0 fully saturated rings. The highest BCUT2D eigenvalue weighted by Crippen LogP contribution is 2.10. The number of benzene rings is 1. The zero-order chi connectivity index (χ0) is 12.7. The number of halogens is 1. The molecule has 2 N–H and O–H groups in total. The molecule has 2 nitrogen and oxygen atoms in total. The van der Waals surface area contributed by atoms with Crippen molar-refractivity contribution in [2.75, 3.05) is 6.61 Å². The minimum Gasteiger partial charge on any atom is -0.396 e. The van der Waals surface area contributed by atoms with Crippen molar-refractivity contribution in [1.82, 2.24) is 5.32 Å². The summed E-state index contributed by atoms with van der Waals surface area (Å²) in [5.41, 5.74) is 0.742. The van der Waals surface area contributed by atoms with Crippen LogP contribution in [0.15, 0.2) is 24.3 Å². The molecule has 2 unspecified atom stereocenters. The Kier molecular flexibility index (Phi) is 6.16. The van der Waals surface area contributed by atoms with E-state index in [-0.39, 0.29) is 18.5 Å². The first-order valence-electron chi connectivity index (χ1n) is 6.27. The lowest BCUT2D eigenvalue weighted by atomic mass is 10.0. The van der Waals surface area contributed by atoms with Gasteiger partial charge in [0.2, 0.25) is 0 Å². The van der Waals surface area contributed by atoms with E-state index in [2.05, 4.69) is 12.2 Å². The third-order valence-electron chi connectivity index (χ3n) is 2.97. The van der Waals surface area contributed by atoms with Gasteiger partial charge in [-0.05, 0) is 37.8 Å². The molecule has 1 aromatic rings. The third kappa shape index (κ3) is 4.84. The van der Waals surface area contributed by atoms with Gasteiger partial charge in [-0.3, -0.25) is 0 Å². The minimum absolute atomic E-state index is 0.142. The number of hydrogen-bond donors (Lipinski definition) is 2. The van der Waals surface area contributed by atoms with Crippen molar-refractivity contribution in [3.05, 3.63) is 35.6 Å². The molecule has 0 aliphatic rings. The standard InChI is InChI=1S/C14H22FNO/c1-3-13(8-9-17)16-11(2)10-12-6-4-5-7-14(12)15/h4-7,11,13,16-17H,3,8-10H2,1-2H3. The van der Waals surface area contributed by atoms with E-state index in [0.717, 1.165) is 18.4 Å². The van der Waals surface area contributed by atoms with Crippen LogP contribution in [0.4, 0.5) is 4.39 Å². The van der Waals surface area contributed by atoms with Crippen LogP contribution in [0.25, 0.3) is 0 Å². The highest BCUT2D eigenvalue weighted by Gasteiger charge is 2.11. The molecule has 0 heterocycles. The summed E-state index contributed by atoms with van der Waals surface area (Å²) in [5.74, 6) is -0.142. The van der Waals surface area contributed by atoms with Crippen LogP contribution in [0, 0.1) is 5.82 Å². The summed E-state index contributed by atoms with van der Waals surface area (Å²) in [6.45, 7) is 4.33. The quantitative estimate of drug-likeness (QED) is 0.766. The van der Waals surface area contributed by atoms with Gasteiger partial charge in [0.15, 0.2) is 0 Å². The molecule has 0 saturated heterocycles. The zero-order valence-corrected chi connectivity index (χ0v) is 10.6. The fourth-order valence-corrected chi connectivity index (χ4v) is 2.02. The Bertz CT molecular complexity index is 330. The van der Waals surface area contributed by atoms with Crippen LogP contribution in [-0.2, 0) is 6.42 Å². The fraction of sp³-hybridized carbons (Fsp3) is 0.571. The van der Waals surface area contributed by atoms with Crippen LogP contribution in [0.1, 0.15) is 32.3 Å². The Morgan fingerprint density at radius 2 is 2.06 bits per heavy atom. The Morgan fingerprint density at radius 3 is 2.65 bits per heavy atom. The fourth-order valence-electron chi connectivity index (χ4n) is 2.02. The van der Waals surface area contributed by atoms with E-state index in [1.165, 1.54) is 6.07 Å². The second-order valence-corrected chi connectivity index (χ2v) is 4.48. The van der Waals surface area contributed by atoms with Crippen LogP contribution in [0.3, 0.4) is 0 Å². The van der Waals surface area contributed by atoms with Gasteiger partial charge < -0.3 is 10.4 Å². The van der Waals surface area contributed by atoms with Crippen LogP contribution in [-0.4, -0.2) is 23.8 Å². The van der Waals surface area contributed by atoms with E-state index in [0.29, 0.717) is 12.5 Å². The van der Waals surface area contributed by atoms with Crippen LogP contribution >= 0.6 is 0 Å². The summed E-state index contributed by atoms with van der Waals surface area (Å²) in [4.78, 5) is 0. The van der Waals surface area contributed by atoms with Crippen molar-refractivity contribution in [2.24, 2.45) is 0 Å². The van der Waals surface area contributed by atoms with E-state index in [9.17, 15) is 4.39 Å². The van der Waals surface area contributed by atoms with Gasteiger partial charge in [-0.15, -0.1) is 0 Å². The lowest BCUT2D eigenvalue weighted by Gasteiger charge is -2.21. The molecule has 96 valence electrons. The van der Waals surface area contributed by atoms with Gasteiger partial charge in [-0.2, -0.15) is 0 Å². The van der Waals surface area contributed by atoms with Crippen molar-refractivity contribution < 1.29 is 9.50 Å². The maximum absolute atomic E-state index is 13.4. The summed E-state index contributed by atoms with van der Waals surface area (Å²) in [7, 11) is 0. The second-order valence-electron chi connectivity index (χ2n) is 4.48. The summed E-state index contributed by atoms with van der Waals surface area (Å²) >= 11 is 0. The number of aliphatic hydroxyl groups is 1. The number of nitrogens with one attached hydrogen (secondary N) is 1. The smallest absolute Gasteiger partial charge is 0.126 e. The van der Waals surface area contributed by atoms with Gasteiger partial charge in [0.05, 0.1) is 0 Å². The molecule has 0 aromatic heterocycles. The summed E-state index contributed by atoms with van der Waals surface area (Å²) in [6, 6.07) is 7.39. The first-order valence-corrected chi connectivity index (χ1v) is 6.27. The van der Waals surface area contributed by atoms with Crippen molar-refractivity contribution in [3.8, 4) is 0 Å². The number of aliphatic hydroxyl groups excluding tert-OH is 1. The lowest BCUT2D eigenvalue weighted by Crippen LogP contribution is -2.38. The Hall–Kier alpha value is -0.930. The molecule has 0 bridgehead atoms. The molecule has 0 saturated carbocycles. The van der Waals surface area contributed by atoms with Crippen molar-refractivity contribution in [3.63, 3.8) is 0 Å². The van der Waals surface area contributed by atoms with Gasteiger partial charge in [0, 0.05) is 18.7 Å². The van der Waals surface area contributed by atoms with Gasteiger partial charge in [-0.1, -0.05) is 25.1 Å². The molecule has 0 amide bonds. The average molecular weight is 239 g/mol. The third-order valence-corrected chi connectivity index (χ3v) is 2.97. The minimum atomic E-state index is -0.142. The highest BCUT2D eigenvalue weighted by molar-refractivity contribution is 5.18. The second kappa shape index (κ2) is 7.41. The van der Waals surface area contributed by atoms with Gasteiger partial charge >= 0.3 is 0 Å². The molecule has 0 spiro atoms. The summed E-state index contributed by atoms with van der Waals surface area (Å²) < 4.78 is 13.4. The van der Waals surface area contributed by atoms with Gasteiger partial charge in [-0.25, -0.2) is 4.39 Å². The first-order chi connectivity index (χ1) is 8.17. The maximum Gasteiger partial charge on any atom is 0.126 e. The summed E-state index contributed by atoms with van der Waals surface area (Å²) in [5, 5.41) is 12.3. The van der Waals surface area contributed by atoms with Crippen molar-refractivity contribution in [1.29, 1.82) is 0 Å². The first kappa shape index (κ1) is 14.1. The van der Waals surface area contributed by atoms with E-state index in [4.69, 9.17) is 5.11 Å². The van der Waals surface area contributed by atoms with E-state index in [1.54, 1.807) is 6.07 Å². The molecular formula is C14H22FNO. The molecule has 2 atom stereocenters. The monoisotopic (exact) mass is 239 g/mol. The predicted octanol–water partition coefficient (Wildman–Crippen LogP) is 2.51. The van der Waals surface area contributed by atoms with E-state index < -0.39 is 0 Å². The SMILES string of the molecule is CCC(CCO)NC(C)Cc1ccccc1F.